The maximum atomic E-state index is 13.6. The molecule has 0 aliphatic heterocycles. The number of rotatable bonds is 1. The molecule has 146 valence electrons. The van der Waals surface area contributed by atoms with Crippen molar-refractivity contribution in [3.05, 3.63) is 0 Å². The van der Waals surface area contributed by atoms with Gasteiger partial charge in [0.15, 0.2) is 0 Å². The zero-order valence-electron chi connectivity index (χ0n) is 14.3. The molecule has 0 amide bonds. The van der Waals surface area contributed by atoms with Crippen LogP contribution in [-0.2, 0) is 0 Å². The van der Waals surface area contributed by atoms with E-state index < -0.39 is 35.7 Å². The molecule has 3 aliphatic carbocycles. The smallest absolute Gasteiger partial charge is 0.373 e. The lowest BCUT2D eigenvalue weighted by Crippen LogP contribution is -2.68. The molecule has 3 rings (SSSR count). The molecule has 1 nitrogen and oxygen atoms in total. The van der Waals surface area contributed by atoms with E-state index in [0.29, 0.717) is 38.5 Å². The second-order valence-electron chi connectivity index (χ2n) is 8.37. The molecule has 7 heteroatoms. The molecule has 0 aromatic carbocycles. The Kier molecular flexibility index (Phi) is 4.87. The van der Waals surface area contributed by atoms with Gasteiger partial charge in [-0.25, -0.2) is 0 Å². The van der Waals surface area contributed by atoms with Crippen LogP contribution >= 0.6 is 0 Å². The molecule has 4 unspecified atom stereocenters. The summed E-state index contributed by atoms with van der Waals surface area (Å²) >= 11 is 0. The molecule has 0 radical (unpaired) electrons. The number of hydrogen-bond acceptors (Lipinski definition) is 1. The van der Waals surface area contributed by atoms with Crippen LogP contribution in [0.4, 0.5) is 26.3 Å². The predicted octanol–water partition coefficient (Wildman–Crippen LogP) is 5.72. The normalized spacial score (nSPS) is 40.3. The second kappa shape index (κ2) is 6.31. The van der Waals surface area contributed by atoms with Gasteiger partial charge in [0.25, 0.3) is 5.60 Å². The van der Waals surface area contributed by atoms with Crippen molar-refractivity contribution < 1.29 is 31.4 Å². The number of halogens is 6. The summed E-state index contributed by atoms with van der Waals surface area (Å²) in [5.74, 6) is -3.31. The lowest BCUT2D eigenvalue weighted by atomic mass is 9.48. The van der Waals surface area contributed by atoms with Crippen LogP contribution in [0.15, 0.2) is 0 Å². The zero-order chi connectivity index (χ0) is 18.6. The Morgan fingerprint density at radius 3 is 1.28 bits per heavy atom. The third-order valence-electron chi connectivity index (χ3n) is 7.37. The Labute approximate surface area is 144 Å². The maximum Gasteiger partial charge on any atom is 0.426 e. The van der Waals surface area contributed by atoms with Crippen LogP contribution in [0.25, 0.3) is 0 Å². The Morgan fingerprint density at radius 2 is 0.960 bits per heavy atom. The Hall–Kier alpha value is -0.460. The van der Waals surface area contributed by atoms with Crippen molar-refractivity contribution in [1.82, 2.24) is 0 Å². The van der Waals surface area contributed by atoms with Crippen molar-refractivity contribution in [3.8, 4) is 0 Å². The summed E-state index contributed by atoms with van der Waals surface area (Å²) in [4.78, 5) is 0. The molecular weight excluding hydrogens is 346 g/mol. The van der Waals surface area contributed by atoms with Gasteiger partial charge in [0.1, 0.15) is 0 Å². The van der Waals surface area contributed by atoms with Crippen molar-refractivity contribution in [1.29, 1.82) is 0 Å². The molecule has 0 heterocycles. The molecule has 0 aromatic rings. The van der Waals surface area contributed by atoms with E-state index in [-0.39, 0.29) is 17.8 Å². The van der Waals surface area contributed by atoms with Crippen molar-refractivity contribution in [2.24, 2.45) is 35.5 Å². The van der Waals surface area contributed by atoms with Gasteiger partial charge in [-0.05, 0) is 55.3 Å². The lowest BCUT2D eigenvalue weighted by molar-refractivity contribution is -0.402. The first-order valence-corrected chi connectivity index (χ1v) is 9.36. The highest BCUT2D eigenvalue weighted by Crippen LogP contribution is 2.63. The summed E-state index contributed by atoms with van der Waals surface area (Å²) in [6.45, 7) is 2.00. The first kappa shape index (κ1) is 19.3. The SMILES string of the molecule is CC1C2CCCCC2C(C(O)(C(F)(F)F)C(F)(F)F)C2CCCCC12. The van der Waals surface area contributed by atoms with E-state index in [1.165, 1.54) is 0 Å². The maximum absolute atomic E-state index is 13.6. The van der Waals surface area contributed by atoms with Crippen molar-refractivity contribution in [2.75, 3.05) is 0 Å². The van der Waals surface area contributed by atoms with Crippen LogP contribution in [0.2, 0.25) is 0 Å². The second-order valence-corrected chi connectivity index (χ2v) is 8.37. The van der Waals surface area contributed by atoms with Crippen LogP contribution in [0.3, 0.4) is 0 Å². The van der Waals surface area contributed by atoms with E-state index >= 15 is 0 Å². The van der Waals surface area contributed by atoms with Gasteiger partial charge < -0.3 is 5.11 Å². The quantitative estimate of drug-likeness (QED) is 0.584. The highest BCUT2D eigenvalue weighted by Gasteiger charge is 2.77. The molecule has 3 aliphatic rings. The number of aliphatic hydroxyl groups is 1. The minimum absolute atomic E-state index is 0.137. The Morgan fingerprint density at radius 1 is 0.640 bits per heavy atom. The highest BCUT2D eigenvalue weighted by molar-refractivity contribution is 5.10. The Bertz CT molecular complexity index is 447. The molecule has 0 aromatic heterocycles. The summed E-state index contributed by atoms with van der Waals surface area (Å²) in [6.07, 6.45) is -6.34. The van der Waals surface area contributed by atoms with Crippen molar-refractivity contribution in [3.63, 3.8) is 0 Å². The third kappa shape index (κ3) is 2.88. The number of hydrogen-bond donors (Lipinski definition) is 1. The first-order valence-electron chi connectivity index (χ1n) is 9.36. The topological polar surface area (TPSA) is 20.2 Å². The van der Waals surface area contributed by atoms with Gasteiger partial charge in [0.05, 0.1) is 0 Å². The number of fused-ring (bicyclic) bond motifs is 2. The Balaban J connectivity index is 2.11. The van der Waals surface area contributed by atoms with Gasteiger partial charge >= 0.3 is 12.4 Å². The first-order chi connectivity index (χ1) is 11.5. The molecule has 25 heavy (non-hydrogen) atoms. The van der Waals surface area contributed by atoms with Crippen LogP contribution in [0.1, 0.15) is 58.3 Å². The minimum Gasteiger partial charge on any atom is -0.373 e. The third-order valence-corrected chi connectivity index (χ3v) is 7.37. The van der Waals surface area contributed by atoms with E-state index in [4.69, 9.17) is 0 Å². The van der Waals surface area contributed by atoms with E-state index in [1.54, 1.807) is 0 Å². The summed E-state index contributed by atoms with van der Waals surface area (Å²) in [7, 11) is 0. The van der Waals surface area contributed by atoms with Gasteiger partial charge in [-0.2, -0.15) is 26.3 Å². The monoisotopic (exact) mass is 372 g/mol. The molecular formula is C18H26F6O. The van der Waals surface area contributed by atoms with Crippen molar-refractivity contribution >= 4 is 0 Å². The van der Waals surface area contributed by atoms with Crippen LogP contribution < -0.4 is 0 Å². The minimum atomic E-state index is -5.71. The summed E-state index contributed by atoms with van der Waals surface area (Å²) in [6, 6.07) is 0. The van der Waals surface area contributed by atoms with Gasteiger partial charge in [0, 0.05) is 5.92 Å². The average molecular weight is 372 g/mol. The summed E-state index contributed by atoms with van der Waals surface area (Å²) < 4.78 is 81.8. The average Bonchev–Trinajstić information content (AvgIpc) is 2.53. The van der Waals surface area contributed by atoms with E-state index in [9.17, 15) is 31.4 Å². The van der Waals surface area contributed by atoms with Crippen LogP contribution in [0.5, 0.6) is 0 Å². The van der Waals surface area contributed by atoms with Crippen LogP contribution in [-0.4, -0.2) is 23.1 Å². The highest BCUT2D eigenvalue weighted by atomic mass is 19.4. The van der Waals surface area contributed by atoms with E-state index in [0.717, 1.165) is 12.8 Å². The standard InChI is InChI=1S/C18H26F6O/c1-10-11-6-2-4-8-13(11)15(14-9-5-3-7-12(10)14)16(25,17(19,20)21)18(22,23)24/h10-15,25H,2-9H2,1H3. The van der Waals surface area contributed by atoms with Gasteiger partial charge in [-0.15, -0.1) is 0 Å². The lowest BCUT2D eigenvalue weighted by Gasteiger charge is -2.58. The predicted molar refractivity (Wildman–Crippen MR) is 80.6 cm³/mol. The fourth-order valence-electron chi connectivity index (χ4n) is 6.37. The van der Waals surface area contributed by atoms with Crippen LogP contribution in [0, 0.1) is 35.5 Å². The molecule has 0 spiro atoms. The molecule has 4 atom stereocenters. The van der Waals surface area contributed by atoms with E-state index in [2.05, 4.69) is 0 Å². The number of alkyl halides is 6. The van der Waals surface area contributed by atoms with Gasteiger partial charge in [0.2, 0.25) is 0 Å². The van der Waals surface area contributed by atoms with Crippen molar-refractivity contribution in [2.45, 2.75) is 76.2 Å². The molecule has 0 saturated heterocycles. The van der Waals surface area contributed by atoms with Gasteiger partial charge in [-0.1, -0.05) is 32.6 Å². The molecule has 1 N–H and O–H groups in total. The van der Waals surface area contributed by atoms with Gasteiger partial charge in [-0.3, -0.25) is 0 Å². The fraction of sp³-hybridized carbons (Fsp3) is 1.00. The summed E-state index contributed by atoms with van der Waals surface area (Å²) in [5.41, 5.74) is -4.60. The molecule has 3 saturated carbocycles. The molecule has 3 fully saturated rings. The van der Waals surface area contributed by atoms with E-state index in [1.807, 2.05) is 6.92 Å². The largest absolute Gasteiger partial charge is 0.426 e. The zero-order valence-corrected chi connectivity index (χ0v) is 14.3. The fourth-order valence-corrected chi connectivity index (χ4v) is 6.37. The molecule has 0 bridgehead atoms. The summed E-state index contributed by atoms with van der Waals surface area (Å²) in [5, 5.41) is 10.2.